The van der Waals surface area contributed by atoms with Crippen LogP contribution in [0.3, 0.4) is 0 Å². The van der Waals surface area contributed by atoms with Crippen LogP contribution in [0.4, 0.5) is 4.39 Å². The molecule has 82 valence electrons. The lowest BCUT2D eigenvalue weighted by atomic mass is 10.1. The number of hydrogen-bond donors (Lipinski definition) is 2. The summed E-state index contributed by atoms with van der Waals surface area (Å²) < 4.78 is 13.5. The summed E-state index contributed by atoms with van der Waals surface area (Å²) in [5.74, 6) is -2.60. The molecule has 1 aromatic heterocycles. The molecule has 1 aromatic carbocycles. The predicted octanol–water partition coefficient (Wildman–Crippen LogP) is 2.09. The summed E-state index contributed by atoms with van der Waals surface area (Å²) in [5, 5.41) is 18.5. The molecule has 0 amide bonds. The van der Waals surface area contributed by atoms with Gasteiger partial charge >= 0.3 is 5.97 Å². The lowest BCUT2D eigenvalue weighted by Gasteiger charge is -2.05. The number of carboxylic acids is 1. The molecule has 0 spiro atoms. The Hall–Kier alpha value is -2.17. The van der Waals surface area contributed by atoms with Gasteiger partial charge in [-0.15, -0.1) is 0 Å². The van der Waals surface area contributed by atoms with Crippen molar-refractivity contribution in [3.8, 4) is 5.75 Å². The van der Waals surface area contributed by atoms with E-state index in [1.807, 2.05) is 0 Å². The van der Waals surface area contributed by atoms with Crippen molar-refractivity contribution in [3.05, 3.63) is 35.3 Å². The van der Waals surface area contributed by atoms with Crippen molar-refractivity contribution in [2.45, 2.75) is 6.92 Å². The van der Waals surface area contributed by atoms with E-state index in [4.69, 9.17) is 5.11 Å². The van der Waals surface area contributed by atoms with Gasteiger partial charge in [0.15, 0.2) is 5.75 Å². The van der Waals surface area contributed by atoms with Crippen molar-refractivity contribution < 1.29 is 19.4 Å². The van der Waals surface area contributed by atoms with Gasteiger partial charge in [0.2, 0.25) is 0 Å². The molecule has 0 atom stereocenters. The van der Waals surface area contributed by atoms with Gasteiger partial charge in [0.05, 0.1) is 0 Å². The van der Waals surface area contributed by atoms with Crippen LogP contribution in [0.2, 0.25) is 0 Å². The Balaban J connectivity index is 2.91. The maximum atomic E-state index is 13.5. The van der Waals surface area contributed by atoms with Gasteiger partial charge in [-0.05, 0) is 25.1 Å². The zero-order chi connectivity index (χ0) is 11.9. The van der Waals surface area contributed by atoms with Crippen LogP contribution in [-0.2, 0) is 0 Å². The van der Waals surface area contributed by atoms with Crippen molar-refractivity contribution in [2.75, 3.05) is 0 Å². The van der Waals surface area contributed by atoms with Gasteiger partial charge in [0.1, 0.15) is 16.9 Å². The number of carbonyl (C=O) groups is 1. The maximum Gasteiger partial charge on any atom is 0.339 e. The highest BCUT2D eigenvalue weighted by Gasteiger charge is 2.17. The highest BCUT2D eigenvalue weighted by atomic mass is 19.1. The summed E-state index contributed by atoms with van der Waals surface area (Å²) in [6.07, 6.45) is 0. The molecule has 5 heteroatoms. The standard InChI is InChI=1S/C11H8FNO3/c1-5-2-3-6-8(12)4-7(11(15)16)10(14)9(6)13-5/h2-4,14H,1H3,(H,15,16). The highest BCUT2D eigenvalue weighted by molar-refractivity contribution is 5.99. The fourth-order valence-electron chi connectivity index (χ4n) is 1.49. The number of nitrogens with zero attached hydrogens (tertiary/aromatic N) is 1. The fourth-order valence-corrected chi connectivity index (χ4v) is 1.49. The second-order valence-corrected chi connectivity index (χ2v) is 3.41. The Morgan fingerprint density at radius 2 is 2.12 bits per heavy atom. The van der Waals surface area contributed by atoms with Crippen LogP contribution in [0.25, 0.3) is 10.9 Å². The molecule has 2 aromatic rings. The van der Waals surface area contributed by atoms with E-state index in [-0.39, 0.29) is 10.9 Å². The van der Waals surface area contributed by atoms with Crippen molar-refractivity contribution in [2.24, 2.45) is 0 Å². The summed E-state index contributed by atoms with van der Waals surface area (Å²) in [7, 11) is 0. The maximum absolute atomic E-state index is 13.5. The highest BCUT2D eigenvalue weighted by Crippen LogP contribution is 2.29. The molecule has 0 bridgehead atoms. The Bertz CT molecular complexity index is 595. The van der Waals surface area contributed by atoms with E-state index in [9.17, 15) is 14.3 Å². The van der Waals surface area contributed by atoms with Crippen LogP contribution in [0.1, 0.15) is 16.1 Å². The minimum Gasteiger partial charge on any atom is -0.505 e. The predicted molar refractivity (Wildman–Crippen MR) is 55.1 cm³/mol. The van der Waals surface area contributed by atoms with Gasteiger partial charge in [-0.2, -0.15) is 0 Å². The van der Waals surface area contributed by atoms with Crippen molar-refractivity contribution in [3.63, 3.8) is 0 Å². The lowest BCUT2D eigenvalue weighted by molar-refractivity contribution is 0.0693. The first-order chi connectivity index (χ1) is 7.50. The number of carboxylic acid groups (broad SMARTS) is 1. The SMILES string of the molecule is Cc1ccc2c(F)cc(C(=O)O)c(O)c2n1. The second-order valence-electron chi connectivity index (χ2n) is 3.41. The van der Waals surface area contributed by atoms with Crippen molar-refractivity contribution in [1.82, 2.24) is 4.98 Å². The number of aromatic hydroxyl groups is 1. The zero-order valence-electron chi connectivity index (χ0n) is 8.36. The van der Waals surface area contributed by atoms with Crippen LogP contribution in [-0.4, -0.2) is 21.2 Å². The van der Waals surface area contributed by atoms with Crippen LogP contribution < -0.4 is 0 Å². The number of fused-ring (bicyclic) bond motifs is 1. The summed E-state index contributed by atoms with van der Waals surface area (Å²) in [4.78, 5) is 14.7. The average molecular weight is 221 g/mol. The topological polar surface area (TPSA) is 70.4 Å². The first-order valence-electron chi connectivity index (χ1n) is 4.53. The van der Waals surface area contributed by atoms with Gasteiger partial charge in [0, 0.05) is 11.1 Å². The smallest absolute Gasteiger partial charge is 0.339 e. The molecule has 2 N–H and O–H groups in total. The monoisotopic (exact) mass is 221 g/mol. The number of rotatable bonds is 1. The number of phenols is 1. The third-order valence-electron chi connectivity index (χ3n) is 2.27. The summed E-state index contributed by atoms with van der Waals surface area (Å²) in [6.45, 7) is 1.67. The number of benzene rings is 1. The molecular weight excluding hydrogens is 213 g/mol. The van der Waals surface area contributed by atoms with Gasteiger partial charge in [-0.1, -0.05) is 0 Å². The molecule has 0 fully saturated rings. The van der Waals surface area contributed by atoms with E-state index in [0.29, 0.717) is 5.69 Å². The summed E-state index contributed by atoms with van der Waals surface area (Å²) in [6, 6.07) is 3.83. The van der Waals surface area contributed by atoms with Crippen molar-refractivity contribution in [1.29, 1.82) is 0 Å². The molecule has 0 unspecified atom stereocenters. The van der Waals surface area contributed by atoms with Gasteiger partial charge < -0.3 is 10.2 Å². The third-order valence-corrected chi connectivity index (χ3v) is 2.27. The molecule has 0 radical (unpaired) electrons. The normalized spacial score (nSPS) is 10.6. The average Bonchev–Trinajstić information content (AvgIpc) is 2.22. The number of halogens is 1. The molecule has 0 saturated heterocycles. The van der Waals surface area contributed by atoms with E-state index >= 15 is 0 Å². The Kier molecular flexibility index (Phi) is 2.23. The van der Waals surface area contributed by atoms with E-state index < -0.39 is 23.1 Å². The van der Waals surface area contributed by atoms with Gasteiger partial charge in [-0.25, -0.2) is 14.2 Å². The van der Waals surface area contributed by atoms with Gasteiger partial charge in [0.25, 0.3) is 0 Å². The van der Waals surface area contributed by atoms with Crippen molar-refractivity contribution >= 4 is 16.9 Å². The van der Waals surface area contributed by atoms with E-state index in [0.717, 1.165) is 6.07 Å². The van der Waals surface area contributed by atoms with Crippen LogP contribution >= 0.6 is 0 Å². The summed E-state index contributed by atoms with van der Waals surface area (Å²) in [5.41, 5.74) is 0.0604. The molecule has 4 nitrogen and oxygen atoms in total. The Labute approximate surface area is 90.0 Å². The van der Waals surface area contributed by atoms with Crippen LogP contribution in [0.5, 0.6) is 5.75 Å². The Morgan fingerprint density at radius 3 is 2.75 bits per heavy atom. The number of hydrogen-bond acceptors (Lipinski definition) is 3. The van der Waals surface area contributed by atoms with Crippen LogP contribution in [0.15, 0.2) is 18.2 Å². The number of pyridine rings is 1. The molecule has 16 heavy (non-hydrogen) atoms. The fraction of sp³-hybridized carbons (Fsp3) is 0.0909. The third kappa shape index (κ3) is 1.46. The minimum absolute atomic E-state index is 0.0302. The number of aromatic carboxylic acids is 1. The summed E-state index contributed by atoms with van der Waals surface area (Å²) >= 11 is 0. The molecule has 0 aliphatic carbocycles. The van der Waals surface area contributed by atoms with Gasteiger partial charge in [-0.3, -0.25) is 0 Å². The zero-order valence-corrected chi connectivity index (χ0v) is 8.36. The van der Waals surface area contributed by atoms with Crippen LogP contribution in [0, 0.1) is 12.7 Å². The van der Waals surface area contributed by atoms with E-state index in [1.54, 1.807) is 13.0 Å². The minimum atomic E-state index is -1.39. The quantitative estimate of drug-likeness (QED) is 0.773. The molecule has 1 heterocycles. The van der Waals surface area contributed by atoms with E-state index in [1.165, 1.54) is 6.07 Å². The molecule has 0 saturated carbocycles. The molecule has 2 rings (SSSR count). The Morgan fingerprint density at radius 1 is 1.44 bits per heavy atom. The first-order valence-corrected chi connectivity index (χ1v) is 4.53. The molecule has 0 aliphatic heterocycles. The lowest BCUT2D eigenvalue weighted by Crippen LogP contribution is -2.00. The molecular formula is C11H8FNO3. The number of aryl methyl sites for hydroxylation is 1. The number of aromatic nitrogens is 1. The van der Waals surface area contributed by atoms with E-state index in [2.05, 4.69) is 4.98 Å². The largest absolute Gasteiger partial charge is 0.505 e. The molecule has 0 aliphatic rings. The first kappa shape index (κ1) is 10.4. The second kappa shape index (κ2) is 3.44.